The lowest BCUT2D eigenvalue weighted by molar-refractivity contribution is 0.0950. The first kappa shape index (κ1) is 13.0. The fraction of sp³-hybridized carbons (Fsp3) is 0.0714. The maximum Gasteiger partial charge on any atom is 0.251 e. The quantitative estimate of drug-likeness (QED) is 0.581. The molecule has 0 heterocycles. The van der Waals surface area contributed by atoms with Crippen LogP contribution in [-0.4, -0.2) is 5.91 Å². The van der Waals surface area contributed by atoms with E-state index in [-0.39, 0.29) is 18.3 Å². The van der Waals surface area contributed by atoms with Gasteiger partial charge in [-0.3, -0.25) is 10.6 Å². The minimum atomic E-state index is -0.328. The van der Waals surface area contributed by atoms with E-state index in [0.717, 1.165) is 0 Å². The van der Waals surface area contributed by atoms with Gasteiger partial charge in [0.1, 0.15) is 5.82 Å². The van der Waals surface area contributed by atoms with E-state index in [1.54, 1.807) is 42.5 Å². The fourth-order valence-corrected chi connectivity index (χ4v) is 1.64. The highest BCUT2D eigenvalue weighted by atomic mass is 19.1. The summed E-state index contributed by atoms with van der Waals surface area (Å²) in [7, 11) is 0. The Balaban J connectivity index is 1.99. The molecule has 0 aliphatic rings. The molecule has 0 saturated heterocycles. The van der Waals surface area contributed by atoms with Crippen molar-refractivity contribution >= 4 is 11.6 Å². The monoisotopic (exact) mass is 259 g/mol. The van der Waals surface area contributed by atoms with Crippen molar-refractivity contribution in [2.24, 2.45) is 5.84 Å². The van der Waals surface area contributed by atoms with Crippen molar-refractivity contribution in [1.82, 2.24) is 5.32 Å². The van der Waals surface area contributed by atoms with E-state index in [2.05, 4.69) is 10.7 Å². The molecule has 0 spiro atoms. The van der Waals surface area contributed by atoms with Crippen molar-refractivity contribution in [3.8, 4) is 0 Å². The van der Waals surface area contributed by atoms with Crippen LogP contribution in [0.4, 0.5) is 10.1 Å². The van der Waals surface area contributed by atoms with Gasteiger partial charge in [-0.25, -0.2) is 4.39 Å². The molecule has 1 amide bonds. The minimum Gasteiger partial charge on any atom is -0.348 e. The molecule has 2 aromatic rings. The van der Waals surface area contributed by atoms with Gasteiger partial charge in [0.05, 0.1) is 0 Å². The van der Waals surface area contributed by atoms with E-state index < -0.39 is 0 Å². The fourth-order valence-electron chi connectivity index (χ4n) is 1.64. The summed E-state index contributed by atoms with van der Waals surface area (Å²) in [5.41, 5.74) is 4.14. The maximum atomic E-state index is 13.4. The van der Waals surface area contributed by atoms with Gasteiger partial charge < -0.3 is 10.7 Å². The Kier molecular flexibility index (Phi) is 4.10. The summed E-state index contributed by atoms with van der Waals surface area (Å²) in [5, 5.41) is 2.66. The van der Waals surface area contributed by atoms with Crippen LogP contribution >= 0.6 is 0 Å². The standard InChI is InChI=1S/C14H14FN3O/c15-13-4-2-1-3-11(13)9-17-14(19)10-5-7-12(18-16)8-6-10/h1-8,18H,9,16H2,(H,17,19). The molecular weight excluding hydrogens is 245 g/mol. The predicted octanol–water partition coefficient (Wildman–Crippen LogP) is 2.04. The van der Waals surface area contributed by atoms with Gasteiger partial charge in [-0.05, 0) is 30.3 Å². The Bertz CT molecular complexity index is 569. The number of hydrazine groups is 1. The maximum absolute atomic E-state index is 13.4. The first-order chi connectivity index (χ1) is 9.20. The summed E-state index contributed by atoms with van der Waals surface area (Å²) >= 11 is 0. The molecule has 4 nitrogen and oxygen atoms in total. The third-order valence-corrected chi connectivity index (χ3v) is 2.71. The molecule has 0 fully saturated rings. The van der Waals surface area contributed by atoms with Crippen molar-refractivity contribution < 1.29 is 9.18 Å². The number of hydrogen-bond donors (Lipinski definition) is 3. The number of hydrogen-bond acceptors (Lipinski definition) is 3. The zero-order valence-corrected chi connectivity index (χ0v) is 10.2. The van der Waals surface area contributed by atoms with E-state index in [1.807, 2.05) is 0 Å². The van der Waals surface area contributed by atoms with Crippen LogP contribution in [-0.2, 0) is 6.54 Å². The van der Waals surface area contributed by atoms with E-state index in [9.17, 15) is 9.18 Å². The van der Waals surface area contributed by atoms with E-state index in [1.165, 1.54) is 6.07 Å². The van der Waals surface area contributed by atoms with Crippen LogP contribution in [0.1, 0.15) is 15.9 Å². The molecule has 19 heavy (non-hydrogen) atoms. The van der Waals surface area contributed by atoms with Gasteiger partial charge in [-0.1, -0.05) is 18.2 Å². The first-order valence-electron chi connectivity index (χ1n) is 5.79. The second kappa shape index (κ2) is 5.97. The third kappa shape index (κ3) is 3.29. The molecule has 98 valence electrons. The normalized spacial score (nSPS) is 10.0. The number of nitrogens with one attached hydrogen (secondary N) is 2. The second-order valence-corrected chi connectivity index (χ2v) is 4.00. The highest BCUT2D eigenvalue weighted by Crippen LogP contribution is 2.09. The van der Waals surface area contributed by atoms with Crippen LogP contribution in [0.15, 0.2) is 48.5 Å². The number of carbonyl (C=O) groups is 1. The van der Waals surface area contributed by atoms with Gasteiger partial charge in [0, 0.05) is 23.4 Å². The Hall–Kier alpha value is -2.40. The molecule has 4 N–H and O–H groups in total. The summed E-state index contributed by atoms with van der Waals surface area (Å²) < 4.78 is 13.4. The Morgan fingerprint density at radius 3 is 2.42 bits per heavy atom. The first-order valence-corrected chi connectivity index (χ1v) is 5.79. The number of rotatable bonds is 4. The SMILES string of the molecule is NNc1ccc(C(=O)NCc2ccccc2F)cc1. The van der Waals surface area contributed by atoms with Crippen molar-refractivity contribution in [2.75, 3.05) is 5.43 Å². The summed E-state index contributed by atoms with van der Waals surface area (Å²) in [6.45, 7) is 0.155. The van der Waals surface area contributed by atoms with E-state index in [0.29, 0.717) is 16.8 Å². The average Bonchev–Trinajstić information content (AvgIpc) is 2.46. The third-order valence-electron chi connectivity index (χ3n) is 2.71. The zero-order chi connectivity index (χ0) is 13.7. The lowest BCUT2D eigenvalue weighted by Crippen LogP contribution is -2.23. The average molecular weight is 259 g/mol. The number of halogens is 1. The Morgan fingerprint density at radius 2 is 1.79 bits per heavy atom. The minimum absolute atomic E-state index is 0.155. The van der Waals surface area contributed by atoms with Crippen molar-refractivity contribution in [2.45, 2.75) is 6.54 Å². The van der Waals surface area contributed by atoms with Gasteiger partial charge in [0.25, 0.3) is 5.91 Å². The molecule has 0 bridgehead atoms. The lowest BCUT2D eigenvalue weighted by Gasteiger charge is -2.07. The van der Waals surface area contributed by atoms with Crippen LogP contribution in [0.3, 0.4) is 0 Å². The van der Waals surface area contributed by atoms with Crippen molar-refractivity contribution in [3.63, 3.8) is 0 Å². The second-order valence-electron chi connectivity index (χ2n) is 4.00. The van der Waals surface area contributed by atoms with Crippen LogP contribution < -0.4 is 16.6 Å². The van der Waals surface area contributed by atoms with Crippen molar-refractivity contribution in [3.05, 3.63) is 65.5 Å². The van der Waals surface area contributed by atoms with Crippen LogP contribution in [0.5, 0.6) is 0 Å². The number of amides is 1. The summed E-state index contributed by atoms with van der Waals surface area (Å²) in [5.74, 6) is 4.65. The molecule has 0 saturated carbocycles. The number of benzene rings is 2. The van der Waals surface area contributed by atoms with Gasteiger partial charge in [-0.15, -0.1) is 0 Å². The number of carbonyl (C=O) groups excluding carboxylic acids is 1. The van der Waals surface area contributed by atoms with Crippen LogP contribution in [0.25, 0.3) is 0 Å². The highest BCUT2D eigenvalue weighted by Gasteiger charge is 2.06. The summed E-state index contributed by atoms with van der Waals surface area (Å²) in [6.07, 6.45) is 0. The molecule has 2 aromatic carbocycles. The molecule has 2 rings (SSSR count). The van der Waals surface area contributed by atoms with Gasteiger partial charge in [-0.2, -0.15) is 0 Å². The summed E-state index contributed by atoms with van der Waals surface area (Å²) in [4.78, 5) is 11.8. The Morgan fingerprint density at radius 1 is 1.11 bits per heavy atom. The molecule has 0 aromatic heterocycles. The largest absolute Gasteiger partial charge is 0.348 e. The van der Waals surface area contributed by atoms with E-state index >= 15 is 0 Å². The molecule has 0 atom stereocenters. The Labute approximate surface area is 110 Å². The summed E-state index contributed by atoms with van der Waals surface area (Å²) in [6, 6.07) is 13.0. The molecule has 0 unspecified atom stereocenters. The number of nitrogen functional groups attached to an aromatic ring is 1. The molecule has 0 aliphatic carbocycles. The molecule has 0 radical (unpaired) electrons. The molecule has 0 aliphatic heterocycles. The van der Waals surface area contributed by atoms with Crippen molar-refractivity contribution in [1.29, 1.82) is 0 Å². The highest BCUT2D eigenvalue weighted by molar-refractivity contribution is 5.94. The molecular formula is C14H14FN3O. The smallest absolute Gasteiger partial charge is 0.251 e. The van der Waals surface area contributed by atoms with Crippen LogP contribution in [0.2, 0.25) is 0 Å². The number of anilines is 1. The number of nitrogens with two attached hydrogens (primary N) is 1. The molecule has 5 heteroatoms. The van der Waals surface area contributed by atoms with Crippen LogP contribution in [0, 0.1) is 5.82 Å². The van der Waals surface area contributed by atoms with Gasteiger partial charge in [0.2, 0.25) is 0 Å². The zero-order valence-electron chi connectivity index (χ0n) is 10.2. The topological polar surface area (TPSA) is 67.1 Å². The van der Waals surface area contributed by atoms with Gasteiger partial charge in [0.15, 0.2) is 0 Å². The van der Waals surface area contributed by atoms with Gasteiger partial charge >= 0.3 is 0 Å². The predicted molar refractivity (Wildman–Crippen MR) is 71.8 cm³/mol. The lowest BCUT2D eigenvalue weighted by atomic mass is 10.1. The van der Waals surface area contributed by atoms with E-state index in [4.69, 9.17) is 5.84 Å².